The number of hydrogen-bond donors (Lipinski definition) is 1. The van der Waals surface area contributed by atoms with Crippen molar-refractivity contribution in [2.45, 2.75) is 58.4 Å². The van der Waals surface area contributed by atoms with Crippen LogP contribution in [0.15, 0.2) is 22.7 Å². The van der Waals surface area contributed by atoms with Gasteiger partial charge in [-0.25, -0.2) is 4.39 Å². The van der Waals surface area contributed by atoms with Crippen LogP contribution in [0.3, 0.4) is 0 Å². The maximum atomic E-state index is 14.4. The molecule has 0 amide bonds. The molecule has 1 aliphatic carbocycles. The van der Waals surface area contributed by atoms with Crippen molar-refractivity contribution in [2.24, 2.45) is 11.8 Å². The molecule has 0 spiro atoms. The zero-order valence-corrected chi connectivity index (χ0v) is 14.8. The van der Waals surface area contributed by atoms with Gasteiger partial charge in [0, 0.05) is 16.1 Å². The molecule has 3 unspecified atom stereocenters. The molecule has 0 aromatic heterocycles. The largest absolute Gasteiger partial charge is 0.310 e. The first-order chi connectivity index (χ1) is 10.2. The maximum Gasteiger partial charge on any atom is 0.129 e. The lowest BCUT2D eigenvalue weighted by Crippen LogP contribution is -2.33. The average molecular weight is 356 g/mol. The summed E-state index contributed by atoms with van der Waals surface area (Å²) in [6.45, 7) is 5.38. The summed E-state index contributed by atoms with van der Waals surface area (Å²) in [6.07, 6.45) is 7.37. The van der Waals surface area contributed by atoms with Gasteiger partial charge < -0.3 is 5.32 Å². The second-order valence-corrected chi connectivity index (χ2v) is 7.12. The molecule has 21 heavy (non-hydrogen) atoms. The van der Waals surface area contributed by atoms with Gasteiger partial charge in [0.05, 0.1) is 0 Å². The average Bonchev–Trinajstić information content (AvgIpc) is 2.50. The van der Waals surface area contributed by atoms with Crippen molar-refractivity contribution in [3.63, 3.8) is 0 Å². The number of rotatable bonds is 6. The summed E-state index contributed by atoms with van der Waals surface area (Å²) in [5.41, 5.74) is 0.827. The number of nitrogens with one attached hydrogen (secondary N) is 1. The standard InChI is InChI=1S/C18H27BrFN/c1-3-11-21-18(14-8-5-7-13(4-2)12-14)17-15(19)9-6-10-16(17)20/h6,9-10,13-14,18,21H,3-5,7-8,11-12H2,1-2H3. The Labute approximate surface area is 136 Å². The van der Waals surface area contributed by atoms with Crippen molar-refractivity contribution in [3.05, 3.63) is 34.1 Å². The Morgan fingerprint density at radius 1 is 1.33 bits per heavy atom. The molecule has 3 heteroatoms. The van der Waals surface area contributed by atoms with Crippen LogP contribution in [0.1, 0.15) is 64.0 Å². The molecule has 0 radical (unpaired) electrons. The third-order valence-corrected chi connectivity index (χ3v) is 5.49. The van der Waals surface area contributed by atoms with E-state index in [9.17, 15) is 4.39 Å². The Hall–Kier alpha value is -0.410. The summed E-state index contributed by atoms with van der Waals surface area (Å²) in [7, 11) is 0. The topological polar surface area (TPSA) is 12.0 Å². The fourth-order valence-electron chi connectivity index (χ4n) is 3.62. The fourth-order valence-corrected chi connectivity index (χ4v) is 4.21. The SMILES string of the molecule is CCCNC(c1c(F)cccc1Br)C1CCCC(CC)C1. The van der Waals surface area contributed by atoms with E-state index in [1.165, 1.54) is 32.1 Å². The van der Waals surface area contributed by atoms with E-state index in [0.29, 0.717) is 5.92 Å². The van der Waals surface area contributed by atoms with Crippen molar-refractivity contribution < 1.29 is 4.39 Å². The normalized spacial score (nSPS) is 24.0. The first-order valence-electron chi connectivity index (χ1n) is 8.34. The molecule has 1 aromatic rings. The van der Waals surface area contributed by atoms with Gasteiger partial charge >= 0.3 is 0 Å². The van der Waals surface area contributed by atoms with Crippen LogP contribution in [0.5, 0.6) is 0 Å². The Kier molecular flexibility index (Phi) is 6.69. The summed E-state index contributed by atoms with van der Waals surface area (Å²) in [5.74, 6) is 1.26. The van der Waals surface area contributed by atoms with E-state index in [-0.39, 0.29) is 11.9 Å². The summed E-state index contributed by atoms with van der Waals surface area (Å²) >= 11 is 3.56. The van der Waals surface area contributed by atoms with Crippen LogP contribution in [0.4, 0.5) is 4.39 Å². The van der Waals surface area contributed by atoms with E-state index in [0.717, 1.165) is 28.9 Å². The molecule has 0 bridgehead atoms. The van der Waals surface area contributed by atoms with Gasteiger partial charge in [0.2, 0.25) is 0 Å². The highest BCUT2D eigenvalue weighted by Crippen LogP contribution is 2.41. The Balaban J connectivity index is 2.25. The van der Waals surface area contributed by atoms with Crippen LogP contribution in [0.25, 0.3) is 0 Å². The third kappa shape index (κ3) is 4.29. The molecule has 1 N–H and O–H groups in total. The zero-order valence-electron chi connectivity index (χ0n) is 13.2. The first kappa shape index (κ1) is 17.0. The van der Waals surface area contributed by atoms with E-state index in [4.69, 9.17) is 0 Å². The third-order valence-electron chi connectivity index (χ3n) is 4.80. The Bertz CT molecular complexity index is 429. The molecule has 3 atom stereocenters. The highest BCUT2D eigenvalue weighted by molar-refractivity contribution is 9.10. The molecule has 1 fully saturated rings. The number of halogens is 2. The monoisotopic (exact) mass is 355 g/mol. The smallest absolute Gasteiger partial charge is 0.129 e. The van der Waals surface area contributed by atoms with Gasteiger partial charge in [-0.3, -0.25) is 0 Å². The minimum absolute atomic E-state index is 0.0865. The van der Waals surface area contributed by atoms with Crippen LogP contribution in [-0.2, 0) is 0 Å². The van der Waals surface area contributed by atoms with Crippen molar-refractivity contribution in [3.8, 4) is 0 Å². The van der Waals surface area contributed by atoms with E-state index >= 15 is 0 Å². The van der Waals surface area contributed by atoms with Crippen molar-refractivity contribution >= 4 is 15.9 Å². The quantitative estimate of drug-likeness (QED) is 0.675. The van der Waals surface area contributed by atoms with Gasteiger partial charge in [-0.2, -0.15) is 0 Å². The Morgan fingerprint density at radius 2 is 2.14 bits per heavy atom. The predicted molar refractivity (Wildman–Crippen MR) is 90.9 cm³/mol. The van der Waals surface area contributed by atoms with Crippen molar-refractivity contribution in [1.82, 2.24) is 5.32 Å². The molecule has 1 aromatic carbocycles. The molecule has 0 heterocycles. The van der Waals surface area contributed by atoms with Crippen LogP contribution < -0.4 is 5.32 Å². The molecule has 1 nitrogen and oxygen atoms in total. The zero-order chi connectivity index (χ0) is 15.2. The molecular formula is C18H27BrFN. The summed E-state index contributed by atoms with van der Waals surface area (Å²) in [4.78, 5) is 0. The highest BCUT2D eigenvalue weighted by atomic mass is 79.9. The van der Waals surface area contributed by atoms with E-state index in [1.54, 1.807) is 12.1 Å². The van der Waals surface area contributed by atoms with Crippen molar-refractivity contribution in [2.75, 3.05) is 6.54 Å². The summed E-state index contributed by atoms with van der Waals surface area (Å²) < 4.78 is 15.3. The molecule has 2 rings (SSSR count). The lowest BCUT2D eigenvalue weighted by molar-refractivity contribution is 0.206. The number of hydrogen-bond acceptors (Lipinski definition) is 1. The van der Waals surface area contributed by atoms with Gasteiger partial charge in [-0.15, -0.1) is 0 Å². The van der Waals surface area contributed by atoms with E-state index < -0.39 is 0 Å². The van der Waals surface area contributed by atoms with Crippen molar-refractivity contribution in [1.29, 1.82) is 0 Å². The lowest BCUT2D eigenvalue weighted by atomic mass is 9.75. The van der Waals surface area contributed by atoms with Crippen LogP contribution in [-0.4, -0.2) is 6.54 Å². The highest BCUT2D eigenvalue weighted by Gasteiger charge is 2.31. The molecule has 118 valence electrons. The van der Waals surface area contributed by atoms with Crippen LogP contribution in [0, 0.1) is 17.7 Å². The van der Waals surface area contributed by atoms with Gasteiger partial charge in [-0.1, -0.05) is 55.1 Å². The summed E-state index contributed by atoms with van der Waals surface area (Å²) in [5, 5.41) is 3.61. The van der Waals surface area contributed by atoms with Gasteiger partial charge in [0.15, 0.2) is 0 Å². The fraction of sp³-hybridized carbons (Fsp3) is 0.667. The second kappa shape index (κ2) is 8.28. The maximum absolute atomic E-state index is 14.4. The minimum Gasteiger partial charge on any atom is -0.310 e. The summed E-state index contributed by atoms with van der Waals surface area (Å²) in [6, 6.07) is 5.45. The van der Waals surface area contributed by atoms with Gasteiger partial charge in [-0.05, 0) is 49.8 Å². The minimum atomic E-state index is -0.0865. The molecule has 0 aliphatic heterocycles. The Morgan fingerprint density at radius 3 is 2.81 bits per heavy atom. The van der Waals surface area contributed by atoms with Crippen LogP contribution >= 0.6 is 15.9 Å². The molecule has 1 aliphatic rings. The van der Waals surface area contributed by atoms with E-state index in [1.807, 2.05) is 6.07 Å². The van der Waals surface area contributed by atoms with E-state index in [2.05, 4.69) is 35.1 Å². The van der Waals surface area contributed by atoms with Gasteiger partial charge in [0.25, 0.3) is 0 Å². The first-order valence-corrected chi connectivity index (χ1v) is 9.13. The second-order valence-electron chi connectivity index (χ2n) is 6.27. The van der Waals surface area contributed by atoms with Gasteiger partial charge in [0.1, 0.15) is 5.82 Å². The predicted octanol–water partition coefficient (Wildman–Crippen LogP) is 5.85. The van der Waals surface area contributed by atoms with Crippen LogP contribution in [0.2, 0.25) is 0 Å². The lowest BCUT2D eigenvalue weighted by Gasteiger charge is -2.35. The molecule has 1 saturated carbocycles. The molecular weight excluding hydrogens is 329 g/mol. The number of benzene rings is 1. The molecule has 0 saturated heterocycles.